The maximum Gasteiger partial charge on any atom is 0.339 e. The Balaban J connectivity index is 1.82. The number of anilines is 1. The molecule has 0 saturated carbocycles. The standard InChI is InChI=1S/C19H18N4OS/c1-2-13-23-17(15-9-5-3-6-10-15)14-25-19(23)22-21-18(24)20-16-11-7-4-8-12-16/h2-12,14H,1,13H2,(H2,20,21,24)/b22-19+. The van der Waals surface area contributed by atoms with E-state index in [1.54, 1.807) is 0 Å². The molecule has 0 spiro atoms. The number of amides is 2. The molecule has 5 nitrogen and oxygen atoms in total. The first-order chi connectivity index (χ1) is 12.3. The van der Waals surface area contributed by atoms with Gasteiger partial charge in [0.05, 0.1) is 5.69 Å². The molecule has 126 valence electrons. The summed E-state index contributed by atoms with van der Waals surface area (Å²) in [6.45, 7) is 4.41. The monoisotopic (exact) mass is 350 g/mol. The molecule has 2 N–H and O–H groups in total. The normalized spacial score (nSPS) is 11.1. The van der Waals surface area contributed by atoms with Gasteiger partial charge >= 0.3 is 6.03 Å². The Hall–Kier alpha value is -3.12. The van der Waals surface area contributed by atoms with Crippen LogP contribution in [0.4, 0.5) is 10.5 Å². The third-order valence-corrected chi connectivity index (χ3v) is 4.33. The number of rotatable bonds is 5. The highest BCUT2D eigenvalue weighted by Gasteiger charge is 2.07. The molecule has 0 unspecified atom stereocenters. The molecule has 0 radical (unpaired) electrons. The highest BCUT2D eigenvalue weighted by atomic mass is 32.1. The second-order valence-electron chi connectivity index (χ2n) is 5.21. The molecule has 25 heavy (non-hydrogen) atoms. The lowest BCUT2D eigenvalue weighted by Crippen LogP contribution is -2.28. The van der Waals surface area contributed by atoms with Gasteiger partial charge in [-0.3, -0.25) is 0 Å². The van der Waals surface area contributed by atoms with E-state index in [1.165, 1.54) is 11.3 Å². The molecule has 2 amide bonds. The Morgan fingerprint density at radius 3 is 2.48 bits per heavy atom. The molecule has 3 aromatic rings. The molecular weight excluding hydrogens is 332 g/mol. The Kier molecular flexibility index (Phi) is 5.43. The average Bonchev–Trinajstić information content (AvgIpc) is 3.05. The second-order valence-corrected chi connectivity index (χ2v) is 6.05. The molecule has 0 atom stereocenters. The van der Waals surface area contributed by atoms with Crippen molar-refractivity contribution in [3.63, 3.8) is 0 Å². The molecule has 0 bridgehead atoms. The van der Waals surface area contributed by atoms with E-state index in [0.717, 1.165) is 11.3 Å². The van der Waals surface area contributed by atoms with E-state index in [4.69, 9.17) is 0 Å². The van der Waals surface area contributed by atoms with Crippen molar-refractivity contribution in [1.82, 2.24) is 9.99 Å². The number of allylic oxidation sites excluding steroid dienone is 1. The largest absolute Gasteiger partial charge is 0.339 e. The number of thiazole rings is 1. The predicted octanol–water partition coefficient (Wildman–Crippen LogP) is 4.04. The van der Waals surface area contributed by atoms with Crippen LogP contribution in [-0.4, -0.2) is 10.6 Å². The second kappa shape index (κ2) is 8.12. The van der Waals surface area contributed by atoms with Crippen LogP contribution < -0.4 is 15.5 Å². The Labute approximate surface area is 150 Å². The lowest BCUT2D eigenvalue weighted by molar-refractivity contribution is 0.252. The van der Waals surface area contributed by atoms with Crippen LogP contribution in [0.5, 0.6) is 0 Å². The van der Waals surface area contributed by atoms with Crippen molar-refractivity contribution < 1.29 is 4.79 Å². The van der Waals surface area contributed by atoms with Gasteiger partial charge in [0.2, 0.25) is 4.80 Å². The summed E-state index contributed by atoms with van der Waals surface area (Å²) in [5, 5.41) is 8.99. The lowest BCUT2D eigenvalue weighted by atomic mass is 10.2. The van der Waals surface area contributed by atoms with Crippen LogP contribution in [0.2, 0.25) is 0 Å². The van der Waals surface area contributed by atoms with Crippen molar-refractivity contribution in [2.45, 2.75) is 6.54 Å². The highest BCUT2D eigenvalue weighted by Crippen LogP contribution is 2.19. The molecule has 0 aliphatic heterocycles. The number of nitrogens with one attached hydrogen (secondary N) is 2. The maximum atomic E-state index is 12.0. The molecule has 1 heterocycles. The van der Waals surface area contributed by atoms with Crippen LogP contribution in [0.15, 0.2) is 83.8 Å². The van der Waals surface area contributed by atoms with Crippen molar-refractivity contribution in [1.29, 1.82) is 0 Å². The zero-order valence-corrected chi connectivity index (χ0v) is 14.4. The van der Waals surface area contributed by atoms with E-state index >= 15 is 0 Å². The molecule has 0 fully saturated rings. The predicted molar refractivity (Wildman–Crippen MR) is 102 cm³/mol. The fourth-order valence-corrected chi connectivity index (χ4v) is 3.22. The number of hydrogen-bond acceptors (Lipinski definition) is 3. The van der Waals surface area contributed by atoms with E-state index in [-0.39, 0.29) is 6.03 Å². The zero-order valence-electron chi connectivity index (χ0n) is 13.6. The van der Waals surface area contributed by atoms with Crippen LogP contribution in [-0.2, 0) is 6.54 Å². The van der Waals surface area contributed by atoms with Gasteiger partial charge in [0, 0.05) is 17.6 Å². The van der Waals surface area contributed by atoms with Crippen LogP contribution in [0.25, 0.3) is 11.3 Å². The maximum absolute atomic E-state index is 12.0. The summed E-state index contributed by atoms with van der Waals surface area (Å²) in [5.74, 6) is 0. The minimum atomic E-state index is -0.383. The molecular formula is C19H18N4OS. The number of benzene rings is 2. The van der Waals surface area contributed by atoms with Gasteiger partial charge in [-0.25, -0.2) is 10.2 Å². The summed E-state index contributed by atoms with van der Waals surface area (Å²) in [6, 6.07) is 18.9. The van der Waals surface area contributed by atoms with Crippen molar-refractivity contribution in [2.75, 3.05) is 5.32 Å². The molecule has 0 saturated heterocycles. The number of hydrogen-bond donors (Lipinski definition) is 2. The smallest absolute Gasteiger partial charge is 0.311 e. The van der Waals surface area contributed by atoms with Crippen molar-refractivity contribution in [3.05, 3.63) is 83.5 Å². The fourth-order valence-electron chi connectivity index (χ4n) is 2.34. The molecule has 2 aromatic carbocycles. The van der Waals surface area contributed by atoms with Gasteiger partial charge in [-0.2, -0.15) is 0 Å². The summed E-state index contributed by atoms with van der Waals surface area (Å²) >= 11 is 1.47. The first kappa shape index (κ1) is 16.7. The lowest BCUT2D eigenvalue weighted by Gasteiger charge is -2.07. The van der Waals surface area contributed by atoms with Gasteiger partial charge in [-0.05, 0) is 17.7 Å². The minimum absolute atomic E-state index is 0.383. The van der Waals surface area contributed by atoms with E-state index < -0.39 is 0 Å². The number of aromatic nitrogens is 1. The number of nitrogens with zero attached hydrogens (tertiary/aromatic N) is 2. The van der Waals surface area contributed by atoms with E-state index in [9.17, 15) is 4.79 Å². The SMILES string of the molecule is C=CCn1c(-c2ccccc2)cs/c1=N/NC(=O)Nc1ccccc1. The summed E-state index contributed by atoms with van der Waals surface area (Å²) in [5.41, 5.74) is 5.38. The van der Waals surface area contributed by atoms with Gasteiger partial charge < -0.3 is 9.88 Å². The van der Waals surface area contributed by atoms with Gasteiger partial charge in [0.25, 0.3) is 0 Å². The summed E-state index contributed by atoms with van der Waals surface area (Å²) in [4.78, 5) is 12.7. The van der Waals surface area contributed by atoms with E-state index in [0.29, 0.717) is 17.0 Å². The Morgan fingerprint density at radius 1 is 1.12 bits per heavy atom. The van der Waals surface area contributed by atoms with Gasteiger partial charge in [0.1, 0.15) is 0 Å². The van der Waals surface area contributed by atoms with Gasteiger partial charge in [0.15, 0.2) is 0 Å². The molecule has 6 heteroatoms. The summed E-state index contributed by atoms with van der Waals surface area (Å²) in [7, 11) is 0. The summed E-state index contributed by atoms with van der Waals surface area (Å²) < 4.78 is 2.01. The first-order valence-corrected chi connectivity index (χ1v) is 8.66. The molecule has 0 aliphatic carbocycles. The quantitative estimate of drug-likeness (QED) is 0.529. The third-order valence-electron chi connectivity index (χ3n) is 3.46. The van der Waals surface area contributed by atoms with E-state index in [1.807, 2.05) is 76.7 Å². The van der Waals surface area contributed by atoms with Crippen LogP contribution in [0.1, 0.15) is 0 Å². The number of carbonyl (C=O) groups is 1. The van der Waals surface area contributed by atoms with Crippen molar-refractivity contribution in [3.8, 4) is 11.3 Å². The van der Waals surface area contributed by atoms with E-state index in [2.05, 4.69) is 22.4 Å². The first-order valence-electron chi connectivity index (χ1n) is 7.78. The zero-order chi connectivity index (χ0) is 17.5. The topological polar surface area (TPSA) is 58.4 Å². The van der Waals surface area contributed by atoms with Crippen molar-refractivity contribution >= 4 is 23.1 Å². The molecule has 0 aliphatic rings. The number of para-hydroxylation sites is 1. The molecule has 1 aromatic heterocycles. The number of carbonyl (C=O) groups excluding carboxylic acids is 1. The Bertz CT molecular complexity index is 913. The minimum Gasteiger partial charge on any atom is -0.311 e. The Morgan fingerprint density at radius 2 is 1.80 bits per heavy atom. The van der Waals surface area contributed by atoms with Crippen molar-refractivity contribution in [2.24, 2.45) is 5.10 Å². The average molecular weight is 350 g/mol. The number of urea groups is 1. The third kappa shape index (κ3) is 4.24. The van der Waals surface area contributed by atoms with Gasteiger partial charge in [-0.15, -0.1) is 23.0 Å². The fraction of sp³-hybridized carbons (Fsp3) is 0.0526. The molecule has 3 rings (SSSR count). The van der Waals surface area contributed by atoms with Gasteiger partial charge in [-0.1, -0.05) is 54.6 Å². The van der Waals surface area contributed by atoms with Crippen LogP contribution in [0.3, 0.4) is 0 Å². The highest BCUT2D eigenvalue weighted by molar-refractivity contribution is 7.07. The summed E-state index contributed by atoms with van der Waals surface area (Å²) in [6.07, 6.45) is 1.81. The van der Waals surface area contributed by atoms with Crippen LogP contribution >= 0.6 is 11.3 Å². The van der Waals surface area contributed by atoms with Crippen LogP contribution in [0, 0.1) is 0 Å².